The van der Waals surface area contributed by atoms with Crippen molar-refractivity contribution < 1.29 is 0 Å². The first-order valence-corrected chi connectivity index (χ1v) is 4.84. The molecule has 2 nitrogen and oxygen atoms in total. The normalized spacial score (nSPS) is 12.9. The zero-order chi connectivity index (χ0) is 8.97. The minimum atomic E-state index is 0.261. The van der Waals surface area contributed by atoms with Crippen molar-refractivity contribution in [3.8, 4) is 0 Å². The fraction of sp³-hybridized carbons (Fsp3) is 0.444. The molecule has 0 fully saturated rings. The number of hydrogen-bond donors (Lipinski definition) is 1. The van der Waals surface area contributed by atoms with Gasteiger partial charge in [-0.3, -0.25) is 0 Å². The summed E-state index contributed by atoms with van der Waals surface area (Å²) in [7, 11) is 0. The molecule has 1 aromatic rings. The van der Waals surface area contributed by atoms with Crippen LogP contribution in [0.3, 0.4) is 0 Å². The Kier molecular flexibility index (Phi) is 3.69. The second-order valence-electron chi connectivity index (χ2n) is 2.97. The van der Waals surface area contributed by atoms with E-state index in [4.69, 9.17) is 5.73 Å². The Balaban J connectivity index is 2.57. The van der Waals surface area contributed by atoms with Crippen LogP contribution in [0.4, 0.5) is 0 Å². The molecule has 0 radical (unpaired) electrons. The second kappa shape index (κ2) is 4.58. The Hall–Kier alpha value is -0.410. The van der Waals surface area contributed by atoms with Crippen LogP contribution >= 0.6 is 15.9 Å². The maximum absolute atomic E-state index is 5.65. The van der Waals surface area contributed by atoms with E-state index in [1.807, 2.05) is 13.0 Å². The summed E-state index contributed by atoms with van der Waals surface area (Å²) < 4.78 is 0.936. The monoisotopic (exact) mass is 228 g/mol. The quantitative estimate of drug-likeness (QED) is 0.806. The van der Waals surface area contributed by atoms with Crippen LogP contribution in [0, 0.1) is 0 Å². The average molecular weight is 229 g/mol. The minimum absolute atomic E-state index is 0.261. The van der Waals surface area contributed by atoms with Crippen molar-refractivity contribution >= 4 is 15.9 Å². The Morgan fingerprint density at radius 2 is 2.42 bits per heavy atom. The molecule has 0 saturated carbocycles. The lowest BCUT2D eigenvalue weighted by Gasteiger charge is -2.05. The van der Waals surface area contributed by atoms with Crippen LogP contribution in [-0.4, -0.2) is 11.0 Å². The van der Waals surface area contributed by atoms with Crippen LogP contribution in [0.15, 0.2) is 22.9 Å². The highest BCUT2D eigenvalue weighted by Crippen LogP contribution is 2.14. The summed E-state index contributed by atoms with van der Waals surface area (Å²) >= 11 is 3.39. The Morgan fingerprint density at radius 3 is 3.00 bits per heavy atom. The standard InChI is InChI=1S/C9H13BrN2/c1-7(11)4-5-8-3-2-6-12-9(8)10/h2-3,6-7H,4-5,11H2,1H3/t7-/m1/s1. The molecule has 66 valence electrons. The van der Waals surface area contributed by atoms with Crippen molar-refractivity contribution in [2.45, 2.75) is 25.8 Å². The molecule has 0 aliphatic rings. The number of rotatable bonds is 3. The molecule has 0 amide bonds. The summed E-state index contributed by atoms with van der Waals surface area (Å²) in [6, 6.07) is 4.28. The first kappa shape index (κ1) is 9.68. The van der Waals surface area contributed by atoms with Crippen LogP contribution in [0.1, 0.15) is 18.9 Å². The molecule has 0 saturated heterocycles. The third kappa shape index (κ3) is 2.91. The summed E-state index contributed by atoms with van der Waals surface area (Å²) in [4.78, 5) is 4.13. The van der Waals surface area contributed by atoms with Gasteiger partial charge < -0.3 is 5.73 Å². The lowest BCUT2D eigenvalue weighted by Crippen LogP contribution is -2.15. The van der Waals surface area contributed by atoms with E-state index < -0.39 is 0 Å². The van der Waals surface area contributed by atoms with Gasteiger partial charge in [-0.15, -0.1) is 0 Å². The summed E-state index contributed by atoms with van der Waals surface area (Å²) in [5.74, 6) is 0. The van der Waals surface area contributed by atoms with Crippen LogP contribution in [0.5, 0.6) is 0 Å². The van der Waals surface area contributed by atoms with Crippen molar-refractivity contribution in [1.29, 1.82) is 0 Å². The molecule has 1 heterocycles. The van der Waals surface area contributed by atoms with E-state index in [1.54, 1.807) is 6.20 Å². The topological polar surface area (TPSA) is 38.9 Å². The molecule has 0 unspecified atom stereocenters. The van der Waals surface area contributed by atoms with E-state index in [0.29, 0.717) is 0 Å². The molecule has 1 rings (SSSR count). The number of hydrogen-bond acceptors (Lipinski definition) is 2. The van der Waals surface area contributed by atoms with Crippen molar-refractivity contribution in [3.05, 3.63) is 28.5 Å². The number of nitrogens with zero attached hydrogens (tertiary/aromatic N) is 1. The molecule has 0 aromatic carbocycles. The lowest BCUT2D eigenvalue weighted by atomic mass is 10.1. The maximum atomic E-state index is 5.65. The fourth-order valence-corrected chi connectivity index (χ4v) is 1.44. The highest BCUT2D eigenvalue weighted by atomic mass is 79.9. The van der Waals surface area contributed by atoms with E-state index in [2.05, 4.69) is 27.0 Å². The summed E-state index contributed by atoms with van der Waals surface area (Å²) in [6.45, 7) is 2.02. The van der Waals surface area contributed by atoms with Gasteiger partial charge >= 0.3 is 0 Å². The average Bonchev–Trinajstić information content (AvgIpc) is 2.03. The fourth-order valence-electron chi connectivity index (χ4n) is 0.989. The first-order chi connectivity index (χ1) is 5.70. The lowest BCUT2D eigenvalue weighted by molar-refractivity contribution is 0.663. The number of aromatic nitrogens is 1. The van der Waals surface area contributed by atoms with Crippen molar-refractivity contribution in [1.82, 2.24) is 4.98 Å². The molecule has 1 atom stereocenters. The van der Waals surface area contributed by atoms with Gasteiger partial charge in [0.25, 0.3) is 0 Å². The summed E-state index contributed by atoms with van der Waals surface area (Å²) in [5, 5.41) is 0. The molecule has 0 aliphatic carbocycles. The number of aryl methyl sites for hydroxylation is 1. The van der Waals surface area contributed by atoms with Crippen molar-refractivity contribution in [2.75, 3.05) is 0 Å². The van der Waals surface area contributed by atoms with Gasteiger partial charge in [0.15, 0.2) is 0 Å². The highest BCUT2D eigenvalue weighted by molar-refractivity contribution is 9.10. The van der Waals surface area contributed by atoms with Crippen LogP contribution < -0.4 is 5.73 Å². The first-order valence-electron chi connectivity index (χ1n) is 4.05. The van der Waals surface area contributed by atoms with Crippen LogP contribution in [0.25, 0.3) is 0 Å². The van der Waals surface area contributed by atoms with Gasteiger partial charge in [0.1, 0.15) is 4.60 Å². The third-order valence-electron chi connectivity index (χ3n) is 1.71. The van der Waals surface area contributed by atoms with Crippen LogP contribution in [-0.2, 0) is 6.42 Å². The predicted molar refractivity (Wildman–Crippen MR) is 53.9 cm³/mol. The Labute approximate surface area is 81.3 Å². The molecular weight excluding hydrogens is 216 g/mol. The van der Waals surface area contributed by atoms with Crippen molar-refractivity contribution in [3.63, 3.8) is 0 Å². The Bertz CT molecular complexity index is 248. The molecule has 0 bridgehead atoms. The molecular formula is C9H13BrN2. The molecule has 3 heteroatoms. The molecule has 1 aromatic heterocycles. The van der Waals surface area contributed by atoms with Gasteiger partial charge in [0.2, 0.25) is 0 Å². The maximum Gasteiger partial charge on any atom is 0.109 e. The van der Waals surface area contributed by atoms with Crippen LogP contribution in [0.2, 0.25) is 0 Å². The molecule has 2 N–H and O–H groups in total. The van der Waals surface area contributed by atoms with Gasteiger partial charge in [-0.1, -0.05) is 6.07 Å². The highest BCUT2D eigenvalue weighted by Gasteiger charge is 2.00. The van der Waals surface area contributed by atoms with Gasteiger partial charge in [0, 0.05) is 12.2 Å². The van der Waals surface area contributed by atoms with E-state index in [-0.39, 0.29) is 6.04 Å². The predicted octanol–water partition coefficient (Wildman–Crippen LogP) is 2.12. The van der Waals surface area contributed by atoms with Gasteiger partial charge in [-0.25, -0.2) is 4.98 Å². The zero-order valence-electron chi connectivity index (χ0n) is 7.13. The molecule has 0 aliphatic heterocycles. The van der Waals surface area contributed by atoms with E-state index in [9.17, 15) is 0 Å². The van der Waals surface area contributed by atoms with E-state index in [1.165, 1.54) is 5.56 Å². The number of halogens is 1. The van der Waals surface area contributed by atoms with Crippen molar-refractivity contribution in [2.24, 2.45) is 5.73 Å². The zero-order valence-corrected chi connectivity index (χ0v) is 8.71. The Morgan fingerprint density at radius 1 is 1.67 bits per heavy atom. The number of pyridine rings is 1. The summed E-state index contributed by atoms with van der Waals surface area (Å²) in [5.41, 5.74) is 6.89. The molecule has 0 spiro atoms. The smallest absolute Gasteiger partial charge is 0.109 e. The summed E-state index contributed by atoms with van der Waals surface area (Å²) in [6.07, 6.45) is 3.77. The second-order valence-corrected chi connectivity index (χ2v) is 3.72. The third-order valence-corrected chi connectivity index (χ3v) is 2.42. The van der Waals surface area contributed by atoms with Gasteiger partial charge in [-0.2, -0.15) is 0 Å². The van der Waals surface area contributed by atoms with E-state index >= 15 is 0 Å². The van der Waals surface area contributed by atoms with E-state index in [0.717, 1.165) is 17.4 Å². The van der Waals surface area contributed by atoms with Gasteiger partial charge in [-0.05, 0) is 47.3 Å². The van der Waals surface area contributed by atoms with Gasteiger partial charge in [0.05, 0.1) is 0 Å². The SMILES string of the molecule is C[C@@H](N)CCc1cccnc1Br. The number of nitrogens with two attached hydrogens (primary N) is 1. The minimum Gasteiger partial charge on any atom is -0.328 e. The molecule has 12 heavy (non-hydrogen) atoms. The largest absolute Gasteiger partial charge is 0.328 e.